The van der Waals surface area contributed by atoms with Crippen molar-refractivity contribution in [2.45, 2.75) is 71.9 Å². The summed E-state index contributed by atoms with van der Waals surface area (Å²) in [6.45, 7) is 9.40. The van der Waals surface area contributed by atoms with Gasteiger partial charge in [-0.2, -0.15) is 0 Å². The summed E-state index contributed by atoms with van der Waals surface area (Å²) in [4.78, 5) is 25.6. The maximum Gasteiger partial charge on any atom is 0.364 e. The molecular formula is C30H34FNO7. The van der Waals surface area contributed by atoms with Gasteiger partial charge in [0, 0.05) is 24.7 Å². The standard InChI is InChI=1S/C30H34FNO7/c1-16(2)7-8-18-9-10-19(15-21(18)31)28(34)32-25-26(33)20-11-12-22(17(3)27(20)38-29(25)35)37-24-14-13-23(36-6)30(4,5)39-24/h7,9-12,15,23-24,33H,8,13-14H2,1-6H3,(H,32,34). The summed E-state index contributed by atoms with van der Waals surface area (Å²) in [5.41, 5.74) is 0.165. The minimum Gasteiger partial charge on any atom is -0.505 e. The van der Waals surface area contributed by atoms with Gasteiger partial charge in [-0.3, -0.25) is 4.79 Å². The van der Waals surface area contributed by atoms with Crippen molar-refractivity contribution in [3.63, 3.8) is 0 Å². The Kier molecular flexibility index (Phi) is 8.13. The van der Waals surface area contributed by atoms with Crippen molar-refractivity contribution in [1.82, 2.24) is 0 Å². The van der Waals surface area contributed by atoms with Gasteiger partial charge in [0.25, 0.3) is 5.91 Å². The van der Waals surface area contributed by atoms with Crippen molar-refractivity contribution in [1.29, 1.82) is 0 Å². The van der Waals surface area contributed by atoms with E-state index in [1.807, 2.05) is 33.8 Å². The molecule has 2 unspecified atom stereocenters. The molecule has 8 nitrogen and oxygen atoms in total. The number of nitrogens with one attached hydrogen (secondary N) is 1. The lowest BCUT2D eigenvalue weighted by Gasteiger charge is -2.41. The molecule has 39 heavy (non-hydrogen) atoms. The summed E-state index contributed by atoms with van der Waals surface area (Å²) in [7, 11) is 1.65. The maximum absolute atomic E-state index is 14.5. The number of aromatic hydroxyl groups is 1. The summed E-state index contributed by atoms with van der Waals surface area (Å²) in [5.74, 6) is -1.32. The number of ether oxygens (including phenoxy) is 3. The highest BCUT2D eigenvalue weighted by atomic mass is 19.1. The van der Waals surface area contributed by atoms with E-state index >= 15 is 0 Å². The van der Waals surface area contributed by atoms with Crippen molar-refractivity contribution in [3.8, 4) is 11.5 Å². The van der Waals surface area contributed by atoms with Crippen molar-refractivity contribution in [3.05, 3.63) is 74.9 Å². The van der Waals surface area contributed by atoms with Gasteiger partial charge in [0.2, 0.25) is 6.29 Å². The molecule has 1 aliphatic heterocycles. The van der Waals surface area contributed by atoms with Gasteiger partial charge in [-0.15, -0.1) is 0 Å². The normalized spacial score (nSPS) is 18.5. The number of halogens is 1. The highest BCUT2D eigenvalue weighted by molar-refractivity contribution is 6.06. The van der Waals surface area contributed by atoms with Crippen LogP contribution < -0.4 is 15.7 Å². The molecule has 2 heterocycles. The number of hydrogen-bond acceptors (Lipinski definition) is 7. The molecular weight excluding hydrogens is 505 g/mol. The zero-order valence-corrected chi connectivity index (χ0v) is 23.0. The van der Waals surface area contributed by atoms with Crippen LogP contribution in [0, 0.1) is 12.7 Å². The summed E-state index contributed by atoms with van der Waals surface area (Å²) in [6, 6.07) is 7.26. The molecule has 1 fully saturated rings. The van der Waals surface area contributed by atoms with Crippen molar-refractivity contribution >= 4 is 22.6 Å². The van der Waals surface area contributed by atoms with Crippen LogP contribution in [0.1, 0.15) is 62.0 Å². The molecule has 0 spiro atoms. The van der Waals surface area contributed by atoms with E-state index in [1.54, 1.807) is 20.1 Å². The second kappa shape index (κ2) is 11.2. The molecule has 9 heteroatoms. The van der Waals surface area contributed by atoms with Crippen LogP contribution in [-0.4, -0.2) is 36.1 Å². The third-order valence-electron chi connectivity index (χ3n) is 6.95. The zero-order chi connectivity index (χ0) is 28.5. The monoisotopic (exact) mass is 539 g/mol. The Bertz CT molecular complexity index is 1490. The van der Waals surface area contributed by atoms with Crippen LogP contribution in [0.2, 0.25) is 0 Å². The largest absolute Gasteiger partial charge is 0.505 e. The lowest BCUT2D eigenvalue weighted by atomic mass is 9.94. The lowest BCUT2D eigenvalue weighted by Crippen LogP contribution is -2.49. The van der Waals surface area contributed by atoms with Crippen molar-refractivity contribution in [2.24, 2.45) is 0 Å². The second-order valence-corrected chi connectivity index (χ2v) is 10.5. The predicted molar refractivity (Wildman–Crippen MR) is 146 cm³/mol. The molecule has 2 N–H and O–H groups in total. The molecule has 2 aromatic carbocycles. The van der Waals surface area contributed by atoms with E-state index < -0.39 is 40.7 Å². The number of carbonyl (C=O) groups is 1. The molecule has 4 rings (SSSR count). The SMILES string of the molecule is COC1CCC(Oc2ccc3c(O)c(NC(=O)c4ccc(CC=C(C)C)c(F)c4)c(=O)oc3c2C)OC1(C)C. The minimum atomic E-state index is -0.952. The topological polar surface area (TPSA) is 107 Å². The van der Waals surface area contributed by atoms with Crippen LogP contribution in [0.4, 0.5) is 10.1 Å². The Labute approximate surface area is 226 Å². The fourth-order valence-corrected chi connectivity index (χ4v) is 4.69. The third-order valence-corrected chi connectivity index (χ3v) is 6.95. The molecule has 3 aromatic rings. The predicted octanol–water partition coefficient (Wildman–Crippen LogP) is 6.02. The first-order valence-corrected chi connectivity index (χ1v) is 12.8. The smallest absolute Gasteiger partial charge is 0.364 e. The molecule has 208 valence electrons. The Balaban J connectivity index is 1.57. The van der Waals surface area contributed by atoms with Crippen LogP contribution in [0.5, 0.6) is 11.5 Å². The van der Waals surface area contributed by atoms with E-state index in [-0.39, 0.29) is 22.6 Å². The Hall–Kier alpha value is -3.69. The van der Waals surface area contributed by atoms with E-state index in [0.29, 0.717) is 29.7 Å². The number of allylic oxidation sites excluding steroid dienone is 2. The first-order chi connectivity index (χ1) is 18.4. The molecule has 1 aromatic heterocycles. The molecule has 1 aliphatic rings. The fraction of sp³-hybridized carbons (Fsp3) is 0.400. The number of anilines is 1. The molecule has 2 atom stereocenters. The van der Waals surface area contributed by atoms with Crippen LogP contribution >= 0.6 is 0 Å². The van der Waals surface area contributed by atoms with E-state index in [2.05, 4.69) is 5.32 Å². The number of fused-ring (bicyclic) bond motifs is 1. The first-order valence-electron chi connectivity index (χ1n) is 12.8. The van der Waals surface area contributed by atoms with Crippen LogP contribution in [0.3, 0.4) is 0 Å². The summed E-state index contributed by atoms with van der Waals surface area (Å²) in [6.07, 6.45) is 3.05. The van der Waals surface area contributed by atoms with Gasteiger partial charge in [-0.25, -0.2) is 9.18 Å². The van der Waals surface area contributed by atoms with Gasteiger partial charge >= 0.3 is 5.63 Å². The third kappa shape index (κ3) is 5.99. The lowest BCUT2D eigenvalue weighted by molar-refractivity contribution is -0.233. The molecule has 1 saturated heterocycles. The second-order valence-electron chi connectivity index (χ2n) is 10.5. The van der Waals surface area contributed by atoms with E-state index in [1.165, 1.54) is 18.2 Å². The summed E-state index contributed by atoms with van der Waals surface area (Å²) >= 11 is 0. The van der Waals surface area contributed by atoms with Crippen LogP contribution in [-0.2, 0) is 15.9 Å². The average Bonchev–Trinajstić information content (AvgIpc) is 2.87. The highest BCUT2D eigenvalue weighted by Crippen LogP contribution is 2.37. The average molecular weight is 540 g/mol. The van der Waals surface area contributed by atoms with Crippen molar-refractivity contribution < 1.29 is 32.9 Å². The van der Waals surface area contributed by atoms with Gasteiger partial charge < -0.3 is 29.1 Å². The van der Waals surface area contributed by atoms with E-state index in [0.717, 1.165) is 18.1 Å². The van der Waals surface area contributed by atoms with Crippen molar-refractivity contribution in [2.75, 3.05) is 12.4 Å². The van der Waals surface area contributed by atoms with Gasteiger partial charge in [0.1, 0.15) is 17.1 Å². The number of methoxy groups -OCH3 is 1. The summed E-state index contributed by atoms with van der Waals surface area (Å²) in [5, 5.41) is 13.4. The highest BCUT2D eigenvalue weighted by Gasteiger charge is 2.39. The molecule has 0 saturated carbocycles. The molecule has 1 amide bonds. The Morgan fingerprint density at radius 3 is 2.62 bits per heavy atom. The van der Waals surface area contributed by atoms with E-state index in [4.69, 9.17) is 18.6 Å². The van der Waals surface area contributed by atoms with Gasteiger partial charge in [0.05, 0.1) is 17.1 Å². The Morgan fingerprint density at radius 1 is 1.23 bits per heavy atom. The van der Waals surface area contributed by atoms with Crippen LogP contribution in [0.15, 0.2) is 51.2 Å². The molecule has 0 bridgehead atoms. The number of hydrogen-bond donors (Lipinski definition) is 2. The maximum atomic E-state index is 14.5. The number of aryl methyl sites for hydroxylation is 1. The zero-order valence-electron chi connectivity index (χ0n) is 23.0. The Morgan fingerprint density at radius 2 is 1.97 bits per heavy atom. The van der Waals surface area contributed by atoms with Crippen LogP contribution in [0.25, 0.3) is 11.0 Å². The molecule has 0 aliphatic carbocycles. The molecule has 0 radical (unpaired) electrons. The number of benzene rings is 2. The fourth-order valence-electron chi connectivity index (χ4n) is 4.69. The van der Waals surface area contributed by atoms with E-state index in [9.17, 15) is 19.1 Å². The minimum absolute atomic E-state index is 0.00149. The quantitative estimate of drug-likeness (QED) is 0.279. The summed E-state index contributed by atoms with van der Waals surface area (Å²) < 4.78 is 37.7. The first kappa shape index (κ1) is 28.3. The number of rotatable bonds is 7. The number of amides is 1. The number of carbonyl (C=O) groups excluding carboxylic acids is 1. The van der Waals surface area contributed by atoms with Gasteiger partial charge in [0.15, 0.2) is 11.4 Å². The van der Waals surface area contributed by atoms with Gasteiger partial charge in [-0.05, 0) is 77.3 Å². The van der Waals surface area contributed by atoms with Gasteiger partial charge in [-0.1, -0.05) is 17.7 Å².